The fraction of sp³-hybridized carbons (Fsp3) is 0.533. The highest BCUT2D eigenvalue weighted by atomic mass is 16.6. The summed E-state index contributed by atoms with van der Waals surface area (Å²) >= 11 is 0. The smallest absolute Gasteiger partial charge is 0.406 e. The molecule has 0 aliphatic carbocycles. The molecule has 0 radical (unpaired) electrons. The van der Waals surface area contributed by atoms with Gasteiger partial charge in [-0.1, -0.05) is 13.8 Å². The number of aliphatic imine (C=N–C) groups is 1. The number of pyridine rings is 1. The maximum atomic E-state index is 11.6. The molecule has 0 saturated carbocycles. The molecule has 1 rings (SSSR count). The van der Waals surface area contributed by atoms with E-state index in [1.807, 2.05) is 0 Å². The summed E-state index contributed by atoms with van der Waals surface area (Å²) in [5, 5.41) is 0. The lowest BCUT2D eigenvalue weighted by molar-refractivity contribution is 0.172. The first-order valence-electron chi connectivity index (χ1n) is 7.19. The van der Waals surface area contributed by atoms with Crippen molar-refractivity contribution in [3.05, 3.63) is 18.5 Å². The maximum absolute atomic E-state index is 11.6. The lowest BCUT2D eigenvalue weighted by atomic mass is 10.4. The SMILES string of the molecule is CCCN(C=Nc1ccncc1OC(=O)N(C)C)CCC. The molecule has 0 aliphatic rings. The van der Waals surface area contributed by atoms with Gasteiger partial charge in [-0.25, -0.2) is 9.79 Å². The highest BCUT2D eigenvalue weighted by Crippen LogP contribution is 2.25. The van der Waals surface area contributed by atoms with Crippen LogP contribution in [0.4, 0.5) is 10.5 Å². The number of hydrogen-bond donors (Lipinski definition) is 0. The van der Waals surface area contributed by atoms with Crippen LogP contribution in [0.3, 0.4) is 0 Å². The van der Waals surface area contributed by atoms with Crippen LogP contribution in [-0.4, -0.2) is 54.4 Å². The molecule has 6 nitrogen and oxygen atoms in total. The molecule has 1 amide bonds. The standard InChI is InChI=1S/C15H24N4O2/c1-5-9-19(10-6-2)12-17-13-7-8-16-11-14(13)21-15(20)18(3)4/h7-8,11-12H,5-6,9-10H2,1-4H3. The summed E-state index contributed by atoms with van der Waals surface area (Å²) in [5.74, 6) is 0.361. The Morgan fingerprint density at radius 3 is 2.57 bits per heavy atom. The Hall–Kier alpha value is -2.11. The minimum Gasteiger partial charge on any atom is -0.406 e. The third-order valence-corrected chi connectivity index (χ3v) is 2.71. The zero-order valence-corrected chi connectivity index (χ0v) is 13.2. The van der Waals surface area contributed by atoms with Gasteiger partial charge in [0.25, 0.3) is 0 Å². The lowest BCUT2D eigenvalue weighted by Crippen LogP contribution is -2.25. The van der Waals surface area contributed by atoms with E-state index in [2.05, 4.69) is 28.7 Å². The summed E-state index contributed by atoms with van der Waals surface area (Å²) in [4.78, 5) is 23.5. The molecule has 0 bridgehead atoms. The van der Waals surface area contributed by atoms with Crippen LogP contribution in [0.25, 0.3) is 0 Å². The number of amides is 1. The van der Waals surface area contributed by atoms with Crippen LogP contribution in [0.15, 0.2) is 23.5 Å². The molecule has 0 aliphatic heterocycles. The predicted molar refractivity (Wildman–Crippen MR) is 84.3 cm³/mol. The summed E-state index contributed by atoms with van der Waals surface area (Å²) in [5.41, 5.74) is 0.595. The minimum absolute atomic E-state index is 0.361. The molecule has 0 atom stereocenters. The topological polar surface area (TPSA) is 58.0 Å². The number of hydrogen-bond acceptors (Lipinski definition) is 4. The quantitative estimate of drug-likeness (QED) is 0.572. The minimum atomic E-state index is -0.446. The molecule has 0 N–H and O–H groups in total. The van der Waals surface area contributed by atoms with E-state index in [0.717, 1.165) is 25.9 Å². The Balaban J connectivity index is 2.84. The molecule has 0 spiro atoms. The average Bonchev–Trinajstić information content (AvgIpc) is 2.46. The van der Waals surface area contributed by atoms with E-state index < -0.39 is 6.09 Å². The van der Waals surface area contributed by atoms with Gasteiger partial charge in [-0.05, 0) is 18.9 Å². The number of nitrogens with zero attached hydrogens (tertiary/aromatic N) is 4. The number of carbonyl (C=O) groups excluding carboxylic acids is 1. The zero-order chi connectivity index (χ0) is 15.7. The van der Waals surface area contributed by atoms with Gasteiger partial charge in [0.15, 0.2) is 5.75 Å². The van der Waals surface area contributed by atoms with Crippen LogP contribution in [0.2, 0.25) is 0 Å². The molecule has 0 aromatic carbocycles. The van der Waals surface area contributed by atoms with E-state index in [-0.39, 0.29) is 0 Å². The second-order valence-electron chi connectivity index (χ2n) is 4.89. The monoisotopic (exact) mass is 292 g/mol. The Morgan fingerprint density at radius 2 is 2.00 bits per heavy atom. The largest absolute Gasteiger partial charge is 0.414 e. The molecular formula is C15H24N4O2. The number of aromatic nitrogens is 1. The van der Waals surface area contributed by atoms with Gasteiger partial charge in [0.1, 0.15) is 5.69 Å². The molecule has 116 valence electrons. The molecule has 6 heteroatoms. The van der Waals surface area contributed by atoms with Gasteiger partial charge in [0.2, 0.25) is 0 Å². The van der Waals surface area contributed by atoms with Crippen molar-refractivity contribution in [1.29, 1.82) is 0 Å². The molecule has 1 heterocycles. The van der Waals surface area contributed by atoms with E-state index in [1.54, 1.807) is 32.7 Å². The van der Waals surface area contributed by atoms with Gasteiger partial charge in [0, 0.05) is 33.4 Å². The van der Waals surface area contributed by atoms with Gasteiger partial charge >= 0.3 is 6.09 Å². The normalized spacial score (nSPS) is 10.7. The van der Waals surface area contributed by atoms with Gasteiger partial charge in [0.05, 0.1) is 12.5 Å². The Labute approximate surface area is 126 Å². The molecule has 0 fully saturated rings. The Kier molecular flexibility index (Phi) is 7.21. The van der Waals surface area contributed by atoms with Crippen molar-refractivity contribution in [2.75, 3.05) is 27.2 Å². The van der Waals surface area contributed by atoms with Gasteiger partial charge < -0.3 is 14.5 Å². The molecule has 21 heavy (non-hydrogen) atoms. The molecular weight excluding hydrogens is 268 g/mol. The van der Waals surface area contributed by atoms with Crippen LogP contribution in [-0.2, 0) is 0 Å². The van der Waals surface area contributed by atoms with Crippen LogP contribution < -0.4 is 4.74 Å². The van der Waals surface area contributed by atoms with Crippen molar-refractivity contribution in [2.45, 2.75) is 26.7 Å². The molecule has 0 unspecified atom stereocenters. The second-order valence-corrected chi connectivity index (χ2v) is 4.89. The van der Waals surface area contributed by atoms with Gasteiger partial charge in [-0.3, -0.25) is 4.98 Å². The summed E-state index contributed by atoms with van der Waals surface area (Å²) in [6, 6.07) is 1.73. The lowest BCUT2D eigenvalue weighted by Gasteiger charge is -2.17. The number of carbonyl (C=O) groups is 1. The van der Waals surface area contributed by atoms with Gasteiger partial charge in [-0.15, -0.1) is 0 Å². The zero-order valence-electron chi connectivity index (χ0n) is 13.2. The summed E-state index contributed by atoms with van der Waals surface area (Å²) in [7, 11) is 3.26. The van der Waals surface area contributed by atoms with Crippen molar-refractivity contribution >= 4 is 18.1 Å². The van der Waals surface area contributed by atoms with E-state index in [0.29, 0.717) is 11.4 Å². The van der Waals surface area contributed by atoms with Crippen LogP contribution >= 0.6 is 0 Å². The van der Waals surface area contributed by atoms with Crippen molar-refractivity contribution < 1.29 is 9.53 Å². The Bertz CT molecular complexity index is 468. The average molecular weight is 292 g/mol. The number of rotatable bonds is 7. The van der Waals surface area contributed by atoms with Gasteiger partial charge in [-0.2, -0.15) is 0 Å². The number of ether oxygens (including phenoxy) is 1. The molecule has 0 saturated heterocycles. The highest BCUT2D eigenvalue weighted by Gasteiger charge is 2.10. The van der Waals surface area contributed by atoms with Crippen LogP contribution in [0.1, 0.15) is 26.7 Å². The maximum Gasteiger partial charge on any atom is 0.414 e. The Morgan fingerprint density at radius 1 is 1.33 bits per heavy atom. The summed E-state index contributed by atoms with van der Waals surface area (Å²) in [6.45, 7) is 6.17. The first-order valence-corrected chi connectivity index (χ1v) is 7.19. The van der Waals surface area contributed by atoms with Crippen LogP contribution in [0.5, 0.6) is 5.75 Å². The van der Waals surface area contributed by atoms with E-state index in [1.165, 1.54) is 11.1 Å². The second kappa shape index (κ2) is 8.94. The van der Waals surface area contributed by atoms with E-state index in [9.17, 15) is 4.79 Å². The first kappa shape index (κ1) is 16.9. The van der Waals surface area contributed by atoms with Crippen molar-refractivity contribution in [3.8, 4) is 5.75 Å². The third-order valence-electron chi connectivity index (χ3n) is 2.71. The van der Waals surface area contributed by atoms with Crippen molar-refractivity contribution in [1.82, 2.24) is 14.8 Å². The highest BCUT2D eigenvalue weighted by molar-refractivity contribution is 5.73. The summed E-state index contributed by atoms with van der Waals surface area (Å²) < 4.78 is 5.25. The fourth-order valence-electron chi connectivity index (χ4n) is 1.69. The van der Waals surface area contributed by atoms with Crippen LogP contribution in [0, 0.1) is 0 Å². The van der Waals surface area contributed by atoms with E-state index >= 15 is 0 Å². The van der Waals surface area contributed by atoms with Crippen molar-refractivity contribution in [3.63, 3.8) is 0 Å². The summed E-state index contributed by atoms with van der Waals surface area (Å²) in [6.07, 6.45) is 6.60. The van der Waals surface area contributed by atoms with Crippen molar-refractivity contribution in [2.24, 2.45) is 4.99 Å². The fourth-order valence-corrected chi connectivity index (χ4v) is 1.69. The third kappa shape index (κ3) is 5.81. The predicted octanol–water partition coefficient (Wildman–Crippen LogP) is 2.92. The molecule has 1 aromatic rings. The molecule has 1 aromatic heterocycles. The first-order chi connectivity index (χ1) is 10.1. The van der Waals surface area contributed by atoms with E-state index in [4.69, 9.17) is 4.74 Å².